The van der Waals surface area contributed by atoms with Crippen molar-refractivity contribution in [2.75, 3.05) is 13.7 Å². The molecule has 0 spiro atoms. The molecule has 0 fully saturated rings. The molecule has 0 saturated heterocycles. The Bertz CT molecular complexity index is 999. The van der Waals surface area contributed by atoms with Gasteiger partial charge in [0.25, 0.3) is 11.2 Å². The molecule has 2 aromatic carbocycles. The summed E-state index contributed by atoms with van der Waals surface area (Å²) >= 11 is 0. The van der Waals surface area contributed by atoms with Gasteiger partial charge in [0.2, 0.25) is 0 Å². The lowest BCUT2D eigenvalue weighted by Crippen LogP contribution is -2.25. The van der Waals surface area contributed by atoms with E-state index in [0.29, 0.717) is 16.9 Å². The number of hydrogen-bond acceptors (Lipinski definition) is 5. The van der Waals surface area contributed by atoms with E-state index in [1.165, 1.54) is 54.1 Å². The zero-order valence-corrected chi connectivity index (χ0v) is 13.3. The maximum atomic E-state index is 13.2. The first-order valence-electron chi connectivity index (χ1n) is 7.45. The summed E-state index contributed by atoms with van der Waals surface area (Å²) in [6, 6.07) is 9.55. The Labute approximate surface area is 141 Å². The van der Waals surface area contributed by atoms with Crippen molar-refractivity contribution in [1.29, 1.82) is 0 Å². The quantitative estimate of drug-likeness (QED) is 0.525. The molecule has 25 heavy (non-hydrogen) atoms. The zero-order chi connectivity index (χ0) is 18.0. The molecule has 8 heteroatoms. The van der Waals surface area contributed by atoms with Gasteiger partial charge in [-0.05, 0) is 30.3 Å². The third kappa shape index (κ3) is 3.24. The van der Waals surface area contributed by atoms with E-state index < -0.39 is 16.3 Å². The number of methoxy groups -OCH3 is 1. The van der Waals surface area contributed by atoms with Gasteiger partial charge in [0.05, 0.1) is 29.0 Å². The average molecular weight is 343 g/mol. The van der Waals surface area contributed by atoms with E-state index >= 15 is 0 Å². The fraction of sp³-hybridized carbons (Fsp3) is 0.176. The van der Waals surface area contributed by atoms with E-state index in [9.17, 15) is 19.3 Å². The summed E-state index contributed by atoms with van der Waals surface area (Å²) in [4.78, 5) is 27.7. The van der Waals surface area contributed by atoms with Gasteiger partial charge >= 0.3 is 0 Å². The second kappa shape index (κ2) is 6.78. The average Bonchev–Trinajstić information content (AvgIpc) is 2.61. The number of nitrogens with zero attached hydrogens (tertiary/aromatic N) is 3. The van der Waals surface area contributed by atoms with Crippen LogP contribution in [0.15, 0.2) is 47.3 Å². The highest BCUT2D eigenvalue weighted by Crippen LogP contribution is 2.22. The van der Waals surface area contributed by atoms with Crippen LogP contribution in [0.4, 0.5) is 10.1 Å². The fourth-order valence-corrected chi connectivity index (χ4v) is 2.53. The number of nitro benzene ring substituents is 1. The van der Waals surface area contributed by atoms with Gasteiger partial charge in [-0.1, -0.05) is 0 Å². The Morgan fingerprint density at radius 2 is 1.96 bits per heavy atom. The van der Waals surface area contributed by atoms with Crippen LogP contribution in [0.1, 0.15) is 0 Å². The Hall–Kier alpha value is -3.13. The topological polar surface area (TPSA) is 87.3 Å². The minimum atomic E-state index is -0.563. The second-order valence-electron chi connectivity index (χ2n) is 5.35. The summed E-state index contributed by atoms with van der Waals surface area (Å²) in [5.41, 5.74) is 0.308. The predicted molar refractivity (Wildman–Crippen MR) is 89.9 cm³/mol. The molecule has 0 radical (unpaired) electrons. The van der Waals surface area contributed by atoms with Crippen molar-refractivity contribution in [2.45, 2.75) is 6.54 Å². The lowest BCUT2D eigenvalue weighted by atomic mass is 10.1. The van der Waals surface area contributed by atoms with Crippen molar-refractivity contribution < 1.29 is 14.1 Å². The number of aromatic nitrogens is 2. The van der Waals surface area contributed by atoms with Crippen molar-refractivity contribution in [3.8, 4) is 11.4 Å². The fourth-order valence-electron chi connectivity index (χ4n) is 2.53. The number of benzene rings is 2. The predicted octanol–water partition coefficient (Wildman–Crippen LogP) is 2.76. The first kappa shape index (κ1) is 16.7. The third-order valence-electron chi connectivity index (χ3n) is 3.77. The lowest BCUT2D eigenvalue weighted by molar-refractivity contribution is -0.384. The van der Waals surface area contributed by atoms with Crippen LogP contribution in [0.5, 0.6) is 0 Å². The SMILES string of the molecule is COCCn1c(-c2ccc(F)cc2)nc2ccc([N+](=O)[O-])cc2c1=O. The van der Waals surface area contributed by atoms with Gasteiger partial charge in [0.15, 0.2) is 0 Å². The van der Waals surface area contributed by atoms with E-state index in [-0.39, 0.29) is 24.2 Å². The van der Waals surface area contributed by atoms with Gasteiger partial charge in [-0.15, -0.1) is 0 Å². The first-order chi connectivity index (χ1) is 12.0. The monoisotopic (exact) mass is 343 g/mol. The van der Waals surface area contributed by atoms with Gasteiger partial charge in [-0.25, -0.2) is 9.37 Å². The van der Waals surface area contributed by atoms with Crippen LogP contribution < -0.4 is 5.56 Å². The molecule has 7 nitrogen and oxygen atoms in total. The van der Waals surface area contributed by atoms with Crippen molar-refractivity contribution in [3.05, 3.63) is 68.7 Å². The van der Waals surface area contributed by atoms with Gasteiger partial charge in [0, 0.05) is 24.8 Å². The van der Waals surface area contributed by atoms with Crippen LogP contribution in [0, 0.1) is 15.9 Å². The highest BCUT2D eigenvalue weighted by molar-refractivity contribution is 5.82. The minimum Gasteiger partial charge on any atom is -0.383 e. The van der Waals surface area contributed by atoms with Crippen molar-refractivity contribution >= 4 is 16.6 Å². The van der Waals surface area contributed by atoms with Crippen molar-refractivity contribution in [3.63, 3.8) is 0 Å². The van der Waals surface area contributed by atoms with Gasteiger partial charge in [-0.3, -0.25) is 19.5 Å². The van der Waals surface area contributed by atoms with E-state index in [4.69, 9.17) is 4.74 Å². The Kier molecular flexibility index (Phi) is 4.53. The Morgan fingerprint density at radius 3 is 2.60 bits per heavy atom. The molecule has 0 aliphatic heterocycles. The molecule has 0 unspecified atom stereocenters. The molecule has 0 atom stereocenters. The number of fused-ring (bicyclic) bond motifs is 1. The van der Waals surface area contributed by atoms with Crippen molar-refractivity contribution in [1.82, 2.24) is 9.55 Å². The maximum absolute atomic E-state index is 13.2. The Morgan fingerprint density at radius 1 is 1.24 bits per heavy atom. The normalized spacial score (nSPS) is 11.0. The van der Waals surface area contributed by atoms with Crippen LogP contribution in [0.2, 0.25) is 0 Å². The van der Waals surface area contributed by atoms with Gasteiger partial charge in [0.1, 0.15) is 11.6 Å². The summed E-state index contributed by atoms with van der Waals surface area (Å²) in [5, 5.41) is 11.1. The van der Waals surface area contributed by atoms with Crippen LogP contribution in [0.25, 0.3) is 22.3 Å². The lowest BCUT2D eigenvalue weighted by Gasteiger charge is -2.13. The first-order valence-corrected chi connectivity index (χ1v) is 7.45. The number of rotatable bonds is 5. The van der Waals surface area contributed by atoms with Gasteiger partial charge in [-0.2, -0.15) is 0 Å². The largest absolute Gasteiger partial charge is 0.383 e. The highest BCUT2D eigenvalue weighted by Gasteiger charge is 2.16. The molecule has 1 heterocycles. The second-order valence-corrected chi connectivity index (χ2v) is 5.35. The van der Waals surface area contributed by atoms with Crippen LogP contribution >= 0.6 is 0 Å². The maximum Gasteiger partial charge on any atom is 0.270 e. The molecule has 3 aromatic rings. The van der Waals surface area contributed by atoms with Crippen LogP contribution in [0.3, 0.4) is 0 Å². The highest BCUT2D eigenvalue weighted by atomic mass is 19.1. The Balaban J connectivity index is 2.27. The zero-order valence-electron chi connectivity index (χ0n) is 13.3. The molecular formula is C17H14FN3O4. The number of ether oxygens (including phenoxy) is 1. The molecule has 0 bridgehead atoms. The van der Waals surface area contributed by atoms with E-state index in [0.717, 1.165) is 0 Å². The number of halogens is 1. The summed E-state index contributed by atoms with van der Waals surface area (Å²) in [6.45, 7) is 0.476. The standard InChI is InChI=1S/C17H14FN3O4/c1-25-9-8-20-16(11-2-4-12(18)5-3-11)19-15-7-6-13(21(23)24)10-14(15)17(20)22/h2-7,10H,8-9H2,1H3. The number of non-ortho nitro benzene ring substituents is 1. The summed E-state index contributed by atoms with van der Waals surface area (Å²) in [5.74, 6) is -0.0469. The van der Waals surface area contributed by atoms with E-state index in [1.54, 1.807) is 0 Å². The van der Waals surface area contributed by atoms with Gasteiger partial charge < -0.3 is 4.74 Å². The van der Waals surface area contributed by atoms with Crippen LogP contribution in [-0.2, 0) is 11.3 Å². The molecule has 0 saturated carbocycles. The number of hydrogen-bond donors (Lipinski definition) is 0. The molecule has 0 N–H and O–H groups in total. The summed E-state index contributed by atoms with van der Waals surface area (Å²) in [7, 11) is 1.50. The molecule has 0 aliphatic rings. The molecule has 0 amide bonds. The minimum absolute atomic E-state index is 0.149. The molecular weight excluding hydrogens is 329 g/mol. The number of nitro groups is 1. The summed E-state index contributed by atoms with van der Waals surface area (Å²) < 4.78 is 19.6. The van der Waals surface area contributed by atoms with E-state index in [2.05, 4.69) is 4.98 Å². The smallest absolute Gasteiger partial charge is 0.270 e. The molecule has 3 rings (SSSR count). The third-order valence-corrected chi connectivity index (χ3v) is 3.77. The van der Waals surface area contributed by atoms with E-state index in [1.807, 2.05) is 0 Å². The van der Waals surface area contributed by atoms with Crippen LogP contribution in [-0.4, -0.2) is 28.2 Å². The summed E-state index contributed by atoms with van der Waals surface area (Å²) in [6.07, 6.45) is 0. The molecule has 0 aliphatic carbocycles. The molecule has 128 valence electrons. The van der Waals surface area contributed by atoms with Crippen molar-refractivity contribution in [2.24, 2.45) is 0 Å². The molecule has 1 aromatic heterocycles.